The summed E-state index contributed by atoms with van der Waals surface area (Å²) in [6, 6.07) is 1.95. The van der Waals surface area contributed by atoms with E-state index >= 15 is 0 Å². The molecule has 2 heterocycles. The molecule has 1 aromatic rings. The Morgan fingerprint density at radius 1 is 1.40 bits per heavy atom. The molecular weight excluding hydrogens is 126 g/mol. The zero-order chi connectivity index (χ0) is 6.81. The molecule has 3 heteroatoms. The van der Waals surface area contributed by atoms with Crippen LogP contribution in [0.3, 0.4) is 0 Å². The van der Waals surface area contributed by atoms with Crippen molar-refractivity contribution in [3.8, 4) is 0 Å². The summed E-state index contributed by atoms with van der Waals surface area (Å²) in [5.74, 6) is 0. The first-order valence-corrected chi connectivity index (χ1v) is 3.09. The van der Waals surface area contributed by atoms with Gasteiger partial charge in [-0.05, 0) is 12.1 Å². The quantitative estimate of drug-likeness (QED) is 0.569. The van der Waals surface area contributed by atoms with Gasteiger partial charge in [0.25, 0.3) is 0 Å². The lowest BCUT2D eigenvalue weighted by Gasteiger charge is -1.90. The first kappa shape index (κ1) is 5.29. The molecular formula is C7H7N3. The second-order valence-corrected chi connectivity index (χ2v) is 2.02. The van der Waals surface area contributed by atoms with Gasteiger partial charge in [-0.1, -0.05) is 0 Å². The lowest BCUT2D eigenvalue weighted by atomic mass is 10.4. The Bertz CT molecular complexity index is 256. The molecule has 1 aliphatic heterocycles. The van der Waals surface area contributed by atoms with Crippen molar-refractivity contribution < 1.29 is 0 Å². The average Bonchev–Trinajstić information content (AvgIpc) is 2.28. The van der Waals surface area contributed by atoms with E-state index in [0.29, 0.717) is 0 Å². The number of nitrogens with zero attached hydrogens (tertiary/aromatic N) is 2. The van der Waals surface area contributed by atoms with Crippen LogP contribution in [0.15, 0.2) is 24.7 Å². The minimum atomic E-state index is 1.08. The maximum atomic E-state index is 4.06. The Labute approximate surface area is 58.7 Å². The second-order valence-electron chi connectivity index (χ2n) is 2.02. The van der Waals surface area contributed by atoms with Crippen molar-refractivity contribution in [1.29, 1.82) is 0 Å². The summed E-state index contributed by atoms with van der Waals surface area (Å²) in [5.41, 5.74) is 1.08. The molecule has 0 saturated heterocycles. The Morgan fingerprint density at radius 2 is 2.40 bits per heavy atom. The van der Waals surface area contributed by atoms with Crippen LogP contribution in [0.1, 0.15) is 5.69 Å². The van der Waals surface area contributed by atoms with Crippen molar-refractivity contribution in [3.63, 3.8) is 0 Å². The summed E-state index contributed by atoms with van der Waals surface area (Å²) in [5, 5.41) is 7.01. The minimum absolute atomic E-state index is 1.08. The van der Waals surface area contributed by atoms with Crippen LogP contribution in [-0.2, 0) is 0 Å². The van der Waals surface area contributed by atoms with Gasteiger partial charge in [-0.15, -0.1) is 0 Å². The SMILES string of the molecule is C1=Cc2ccnn2C=CN1. The predicted molar refractivity (Wildman–Crippen MR) is 39.7 cm³/mol. The van der Waals surface area contributed by atoms with Gasteiger partial charge >= 0.3 is 0 Å². The van der Waals surface area contributed by atoms with E-state index in [1.54, 1.807) is 10.9 Å². The van der Waals surface area contributed by atoms with Gasteiger partial charge in [0.1, 0.15) is 0 Å². The van der Waals surface area contributed by atoms with Crippen LogP contribution in [0.25, 0.3) is 12.3 Å². The molecule has 1 aromatic heterocycles. The molecule has 0 aliphatic carbocycles. The van der Waals surface area contributed by atoms with Gasteiger partial charge in [0, 0.05) is 24.8 Å². The van der Waals surface area contributed by atoms with Crippen LogP contribution in [-0.4, -0.2) is 9.78 Å². The zero-order valence-corrected chi connectivity index (χ0v) is 5.36. The fourth-order valence-corrected chi connectivity index (χ4v) is 0.884. The average molecular weight is 133 g/mol. The summed E-state index contributed by atoms with van der Waals surface area (Å²) in [6.07, 6.45) is 9.31. The highest BCUT2D eigenvalue weighted by Crippen LogP contribution is 2.02. The Morgan fingerprint density at radius 3 is 3.40 bits per heavy atom. The fourth-order valence-electron chi connectivity index (χ4n) is 0.884. The highest BCUT2D eigenvalue weighted by atomic mass is 15.3. The third kappa shape index (κ3) is 0.719. The third-order valence-corrected chi connectivity index (χ3v) is 1.36. The smallest absolute Gasteiger partial charge is 0.0676 e. The monoisotopic (exact) mass is 133 g/mol. The Hall–Kier alpha value is -1.51. The predicted octanol–water partition coefficient (Wildman–Crippen LogP) is 0.885. The molecule has 2 rings (SSSR count). The number of fused-ring (bicyclic) bond motifs is 1. The maximum absolute atomic E-state index is 4.06. The van der Waals surface area contributed by atoms with Crippen molar-refractivity contribution >= 4 is 12.3 Å². The van der Waals surface area contributed by atoms with Gasteiger partial charge in [-0.25, -0.2) is 4.68 Å². The molecule has 0 radical (unpaired) electrons. The minimum Gasteiger partial charge on any atom is -0.366 e. The second kappa shape index (κ2) is 2.02. The van der Waals surface area contributed by atoms with Crippen molar-refractivity contribution in [1.82, 2.24) is 15.1 Å². The van der Waals surface area contributed by atoms with Crippen molar-refractivity contribution in [3.05, 3.63) is 30.4 Å². The normalized spacial score (nSPS) is 14.0. The van der Waals surface area contributed by atoms with Gasteiger partial charge in [0.2, 0.25) is 0 Å². The van der Waals surface area contributed by atoms with E-state index in [9.17, 15) is 0 Å². The molecule has 0 saturated carbocycles. The summed E-state index contributed by atoms with van der Waals surface area (Å²) < 4.78 is 1.80. The lowest BCUT2D eigenvalue weighted by molar-refractivity contribution is 0.923. The molecule has 0 aromatic carbocycles. The van der Waals surface area contributed by atoms with Gasteiger partial charge < -0.3 is 5.32 Å². The summed E-state index contributed by atoms with van der Waals surface area (Å²) >= 11 is 0. The number of rotatable bonds is 0. The highest BCUT2D eigenvalue weighted by molar-refractivity contribution is 5.49. The van der Waals surface area contributed by atoms with E-state index in [2.05, 4.69) is 10.4 Å². The van der Waals surface area contributed by atoms with Crippen molar-refractivity contribution in [2.24, 2.45) is 0 Å². The van der Waals surface area contributed by atoms with Gasteiger partial charge in [-0.3, -0.25) is 0 Å². The first-order chi connectivity index (χ1) is 4.97. The van der Waals surface area contributed by atoms with Gasteiger partial charge in [-0.2, -0.15) is 5.10 Å². The van der Waals surface area contributed by atoms with Crippen LogP contribution >= 0.6 is 0 Å². The molecule has 1 N–H and O–H groups in total. The Balaban J connectivity index is 2.56. The topological polar surface area (TPSA) is 29.9 Å². The number of aromatic nitrogens is 2. The van der Waals surface area contributed by atoms with Crippen LogP contribution < -0.4 is 5.32 Å². The molecule has 3 nitrogen and oxygen atoms in total. The van der Waals surface area contributed by atoms with Crippen LogP contribution in [0.5, 0.6) is 0 Å². The van der Waals surface area contributed by atoms with Crippen molar-refractivity contribution in [2.75, 3.05) is 0 Å². The van der Waals surface area contributed by atoms with Crippen LogP contribution in [0, 0.1) is 0 Å². The number of hydrogen-bond acceptors (Lipinski definition) is 2. The van der Waals surface area contributed by atoms with E-state index in [-0.39, 0.29) is 0 Å². The summed E-state index contributed by atoms with van der Waals surface area (Å²) in [7, 11) is 0. The molecule has 10 heavy (non-hydrogen) atoms. The maximum Gasteiger partial charge on any atom is 0.0676 e. The first-order valence-electron chi connectivity index (χ1n) is 3.09. The van der Waals surface area contributed by atoms with E-state index in [4.69, 9.17) is 0 Å². The van der Waals surface area contributed by atoms with Crippen LogP contribution in [0.4, 0.5) is 0 Å². The lowest BCUT2D eigenvalue weighted by Crippen LogP contribution is -1.91. The standard InChI is InChI=1S/C7H7N3/c1-3-8-5-6-10-7(1)2-4-9-10/h1-6,8H. The largest absolute Gasteiger partial charge is 0.366 e. The molecule has 0 bridgehead atoms. The Kier molecular flexibility index (Phi) is 1.07. The molecule has 1 aliphatic rings. The summed E-state index contributed by atoms with van der Waals surface area (Å²) in [4.78, 5) is 0. The molecule has 50 valence electrons. The van der Waals surface area contributed by atoms with E-state index < -0.39 is 0 Å². The van der Waals surface area contributed by atoms with Gasteiger partial charge in [0.05, 0.1) is 5.69 Å². The third-order valence-electron chi connectivity index (χ3n) is 1.36. The highest BCUT2D eigenvalue weighted by Gasteiger charge is 1.94. The van der Waals surface area contributed by atoms with Gasteiger partial charge in [0.15, 0.2) is 0 Å². The molecule has 0 atom stereocenters. The van der Waals surface area contributed by atoms with E-state index in [0.717, 1.165) is 5.69 Å². The summed E-state index contributed by atoms with van der Waals surface area (Å²) in [6.45, 7) is 0. The van der Waals surface area contributed by atoms with Crippen LogP contribution in [0.2, 0.25) is 0 Å². The molecule has 0 unspecified atom stereocenters. The van der Waals surface area contributed by atoms with E-state index in [1.165, 1.54) is 0 Å². The fraction of sp³-hybridized carbons (Fsp3) is 0. The van der Waals surface area contributed by atoms with Crippen molar-refractivity contribution in [2.45, 2.75) is 0 Å². The molecule has 0 amide bonds. The zero-order valence-electron chi connectivity index (χ0n) is 5.36. The molecule has 0 fully saturated rings. The molecule has 0 spiro atoms. The number of nitrogens with one attached hydrogen (secondary N) is 1. The number of hydrogen-bond donors (Lipinski definition) is 1. The van der Waals surface area contributed by atoms with E-state index in [1.807, 2.05) is 30.7 Å².